The average molecular weight is 257 g/mol. The van der Waals surface area contributed by atoms with E-state index in [2.05, 4.69) is 11.2 Å². The van der Waals surface area contributed by atoms with E-state index in [1.54, 1.807) is 24.3 Å². The summed E-state index contributed by atoms with van der Waals surface area (Å²) < 4.78 is 4.97. The number of terminal acetylenes is 1. The van der Waals surface area contributed by atoms with Gasteiger partial charge in [0.25, 0.3) is 0 Å². The lowest BCUT2D eigenvalue weighted by molar-refractivity contribution is -0.117. The minimum Gasteiger partial charge on any atom is -0.461 e. The minimum atomic E-state index is -0.407. The van der Waals surface area contributed by atoms with Gasteiger partial charge in [0, 0.05) is 18.0 Å². The first-order chi connectivity index (χ1) is 9.20. The summed E-state index contributed by atoms with van der Waals surface area (Å²) >= 11 is 0. The Balaban J connectivity index is 1.88. The first-order valence-electron chi connectivity index (χ1n) is 6.22. The zero-order chi connectivity index (χ0) is 13.7. The maximum Gasteiger partial charge on any atom is 0.338 e. The molecule has 0 unspecified atom stereocenters. The number of nitrogens with one attached hydrogen (secondary N) is 1. The molecule has 4 heteroatoms. The van der Waals surface area contributed by atoms with Crippen LogP contribution in [0.25, 0.3) is 0 Å². The Kier molecular flexibility index (Phi) is 4.19. The normalized spacial score (nSPS) is 13.4. The summed E-state index contributed by atoms with van der Waals surface area (Å²) in [6.07, 6.45) is 7.40. The van der Waals surface area contributed by atoms with Crippen LogP contribution in [0.5, 0.6) is 0 Å². The molecule has 1 aromatic carbocycles. The molecule has 1 aliphatic rings. The number of amides is 1. The molecule has 1 aromatic rings. The Bertz CT molecular complexity index is 509. The molecule has 0 aromatic heterocycles. The molecule has 0 saturated heterocycles. The van der Waals surface area contributed by atoms with E-state index in [0.29, 0.717) is 17.7 Å². The molecule has 1 N–H and O–H groups in total. The summed E-state index contributed by atoms with van der Waals surface area (Å²) in [6, 6.07) is 6.64. The summed E-state index contributed by atoms with van der Waals surface area (Å²) in [7, 11) is 0. The lowest BCUT2D eigenvalue weighted by Gasteiger charge is -2.06. The van der Waals surface area contributed by atoms with Crippen LogP contribution in [0.3, 0.4) is 0 Å². The molecular formula is C15H15NO3. The van der Waals surface area contributed by atoms with Gasteiger partial charge in [0.15, 0.2) is 0 Å². The summed E-state index contributed by atoms with van der Waals surface area (Å²) in [5.74, 6) is 2.20. The Morgan fingerprint density at radius 1 is 1.32 bits per heavy atom. The number of esters is 1. The smallest absolute Gasteiger partial charge is 0.338 e. The molecular weight excluding hydrogens is 242 g/mol. The Hall–Kier alpha value is -2.28. The second-order valence-electron chi connectivity index (χ2n) is 4.43. The van der Waals surface area contributed by atoms with Gasteiger partial charge in [-0.05, 0) is 37.1 Å². The molecule has 1 fully saturated rings. The third-order valence-electron chi connectivity index (χ3n) is 2.82. The second-order valence-corrected chi connectivity index (χ2v) is 4.43. The van der Waals surface area contributed by atoms with E-state index in [4.69, 9.17) is 11.2 Å². The van der Waals surface area contributed by atoms with Gasteiger partial charge in [-0.1, -0.05) is 0 Å². The van der Waals surface area contributed by atoms with E-state index >= 15 is 0 Å². The van der Waals surface area contributed by atoms with Gasteiger partial charge in [-0.2, -0.15) is 0 Å². The summed E-state index contributed by atoms with van der Waals surface area (Å²) in [5, 5.41) is 2.80. The van der Waals surface area contributed by atoms with Crippen molar-refractivity contribution < 1.29 is 14.3 Å². The minimum absolute atomic E-state index is 0.0457. The van der Waals surface area contributed by atoms with Gasteiger partial charge >= 0.3 is 5.97 Å². The highest BCUT2D eigenvalue weighted by Crippen LogP contribution is 2.30. The molecule has 0 aliphatic heterocycles. The van der Waals surface area contributed by atoms with E-state index in [1.807, 2.05) is 0 Å². The van der Waals surface area contributed by atoms with E-state index in [1.165, 1.54) is 0 Å². The van der Waals surface area contributed by atoms with Crippen molar-refractivity contribution in [3.8, 4) is 12.3 Å². The lowest BCUT2D eigenvalue weighted by Crippen LogP contribution is -2.13. The van der Waals surface area contributed by atoms with Crippen molar-refractivity contribution in [1.82, 2.24) is 0 Å². The maximum absolute atomic E-state index is 11.6. The van der Waals surface area contributed by atoms with E-state index in [9.17, 15) is 9.59 Å². The number of carbonyl (C=O) groups excluding carboxylic acids is 2. The first kappa shape index (κ1) is 13.2. The highest BCUT2D eigenvalue weighted by atomic mass is 16.5. The topological polar surface area (TPSA) is 55.4 Å². The summed E-state index contributed by atoms with van der Waals surface area (Å²) in [5.41, 5.74) is 1.14. The summed E-state index contributed by atoms with van der Waals surface area (Å²) in [6.45, 7) is 0.218. The number of hydrogen-bond acceptors (Lipinski definition) is 3. The predicted octanol–water partition coefficient (Wildman–Crippen LogP) is 2.22. The molecule has 1 aliphatic carbocycles. The zero-order valence-electron chi connectivity index (χ0n) is 10.5. The van der Waals surface area contributed by atoms with Crippen molar-refractivity contribution >= 4 is 17.6 Å². The van der Waals surface area contributed by atoms with Crippen molar-refractivity contribution in [2.75, 3.05) is 11.9 Å². The molecule has 0 radical (unpaired) electrons. The monoisotopic (exact) mass is 257 g/mol. The van der Waals surface area contributed by atoms with Crippen molar-refractivity contribution in [3.05, 3.63) is 29.8 Å². The summed E-state index contributed by atoms with van der Waals surface area (Å²) in [4.78, 5) is 23.1. The largest absolute Gasteiger partial charge is 0.461 e. The molecule has 0 atom stereocenters. The van der Waals surface area contributed by atoms with Crippen LogP contribution in [0.1, 0.15) is 29.6 Å². The molecule has 98 valence electrons. The third-order valence-corrected chi connectivity index (χ3v) is 2.82. The van der Waals surface area contributed by atoms with Crippen LogP contribution in [0.15, 0.2) is 24.3 Å². The lowest BCUT2D eigenvalue weighted by atomic mass is 10.2. The molecule has 1 amide bonds. The SMILES string of the molecule is C#CCCOC(=O)c1ccc(NC(=O)C2CC2)cc1. The third kappa shape index (κ3) is 3.85. The zero-order valence-corrected chi connectivity index (χ0v) is 10.5. The van der Waals surface area contributed by atoms with E-state index in [0.717, 1.165) is 12.8 Å². The van der Waals surface area contributed by atoms with Crippen LogP contribution in [-0.4, -0.2) is 18.5 Å². The highest BCUT2D eigenvalue weighted by Gasteiger charge is 2.29. The van der Waals surface area contributed by atoms with Crippen LogP contribution in [-0.2, 0) is 9.53 Å². The van der Waals surface area contributed by atoms with Crippen molar-refractivity contribution in [2.45, 2.75) is 19.3 Å². The molecule has 1 saturated carbocycles. The standard InChI is InChI=1S/C15H15NO3/c1-2-3-10-19-15(18)12-6-8-13(9-7-12)16-14(17)11-4-5-11/h1,6-9,11H,3-5,10H2,(H,16,17). The highest BCUT2D eigenvalue weighted by molar-refractivity contribution is 5.95. The quantitative estimate of drug-likeness (QED) is 0.500. The van der Waals surface area contributed by atoms with Crippen LogP contribution in [0, 0.1) is 18.3 Å². The predicted molar refractivity (Wildman–Crippen MR) is 71.5 cm³/mol. The van der Waals surface area contributed by atoms with Gasteiger partial charge in [0.2, 0.25) is 5.91 Å². The van der Waals surface area contributed by atoms with Crippen LogP contribution in [0.4, 0.5) is 5.69 Å². The molecule has 0 heterocycles. The number of hydrogen-bond donors (Lipinski definition) is 1. The Labute approximate surface area is 112 Å². The average Bonchev–Trinajstić information content (AvgIpc) is 3.24. The Morgan fingerprint density at radius 2 is 2.00 bits per heavy atom. The fourth-order valence-corrected chi connectivity index (χ4v) is 1.57. The maximum atomic E-state index is 11.6. The number of ether oxygens (including phenoxy) is 1. The molecule has 2 rings (SSSR count). The fraction of sp³-hybridized carbons (Fsp3) is 0.333. The van der Waals surface area contributed by atoms with Crippen molar-refractivity contribution in [3.63, 3.8) is 0 Å². The molecule has 0 bridgehead atoms. The number of benzene rings is 1. The fourth-order valence-electron chi connectivity index (χ4n) is 1.57. The van der Waals surface area contributed by atoms with Crippen LogP contribution < -0.4 is 5.32 Å². The van der Waals surface area contributed by atoms with Gasteiger partial charge < -0.3 is 10.1 Å². The van der Waals surface area contributed by atoms with Crippen molar-refractivity contribution in [1.29, 1.82) is 0 Å². The number of carbonyl (C=O) groups is 2. The van der Waals surface area contributed by atoms with Crippen LogP contribution in [0.2, 0.25) is 0 Å². The van der Waals surface area contributed by atoms with Gasteiger partial charge in [0.1, 0.15) is 6.61 Å². The van der Waals surface area contributed by atoms with Gasteiger partial charge in [-0.15, -0.1) is 12.3 Å². The second kappa shape index (κ2) is 6.05. The molecule has 0 spiro atoms. The number of anilines is 1. The number of rotatable bonds is 5. The van der Waals surface area contributed by atoms with E-state index in [-0.39, 0.29) is 18.4 Å². The Morgan fingerprint density at radius 3 is 2.58 bits per heavy atom. The molecule has 19 heavy (non-hydrogen) atoms. The van der Waals surface area contributed by atoms with Gasteiger partial charge in [-0.25, -0.2) is 4.79 Å². The first-order valence-corrected chi connectivity index (χ1v) is 6.22. The van der Waals surface area contributed by atoms with Crippen LogP contribution >= 0.6 is 0 Å². The van der Waals surface area contributed by atoms with Gasteiger partial charge in [-0.3, -0.25) is 4.79 Å². The van der Waals surface area contributed by atoms with E-state index < -0.39 is 5.97 Å². The molecule has 4 nitrogen and oxygen atoms in total. The van der Waals surface area contributed by atoms with Crippen molar-refractivity contribution in [2.24, 2.45) is 5.92 Å². The van der Waals surface area contributed by atoms with Gasteiger partial charge in [0.05, 0.1) is 5.56 Å².